The quantitative estimate of drug-likeness (QED) is 0.344. The van der Waals surface area contributed by atoms with Gasteiger partial charge in [-0.25, -0.2) is 18.2 Å². The van der Waals surface area contributed by atoms with Crippen molar-refractivity contribution in [1.29, 1.82) is 0 Å². The number of hydrogen-bond acceptors (Lipinski definition) is 2. The highest BCUT2D eigenvalue weighted by atomic mass is 35.5. The molecule has 0 spiro atoms. The van der Waals surface area contributed by atoms with Crippen LogP contribution in [0.2, 0.25) is 0 Å². The Kier molecular flexibility index (Phi) is 5.46. The van der Waals surface area contributed by atoms with Gasteiger partial charge in [-0.1, -0.05) is 6.07 Å². The summed E-state index contributed by atoms with van der Waals surface area (Å²) in [4.78, 5) is 3.63. The Morgan fingerprint density at radius 3 is 2.20 bits per heavy atom. The number of nitrogens with zero attached hydrogens (tertiary/aromatic N) is 1. The second-order valence-corrected chi connectivity index (χ2v) is 4.96. The first kappa shape index (κ1) is 18.9. The number of alkyl halides is 4. The topological polar surface area (TPSA) is 47.6 Å². The molecular weight excluding hydrogens is 374 g/mol. The predicted molar refractivity (Wildman–Crippen MR) is 79.8 cm³/mol. The summed E-state index contributed by atoms with van der Waals surface area (Å²) in [5.74, 6) is -6.21. The summed E-state index contributed by atoms with van der Waals surface area (Å²) < 4.78 is 84.1. The average molecular weight is 383 g/mol. The highest BCUT2D eigenvalue weighted by Crippen LogP contribution is 2.38. The molecule has 0 unspecified atom stereocenters. The van der Waals surface area contributed by atoms with Gasteiger partial charge in [0, 0.05) is 0 Å². The number of benzene rings is 2. The van der Waals surface area contributed by atoms with E-state index in [1.165, 1.54) is 0 Å². The molecule has 10 heteroatoms. The van der Waals surface area contributed by atoms with E-state index in [-0.39, 0.29) is 23.8 Å². The van der Waals surface area contributed by atoms with E-state index < -0.39 is 46.4 Å². The van der Waals surface area contributed by atoms with Crippen LogP contribution in [0.15, 0.2) is 35.3 Å². The van der Waals surface area contributed by atoms with E-state index >= 15 is 0 Å². The maximum Gasteiger partial charge on any atom is 0.416 e. The predicted octanol–water partition coefficient (Wildman–Crippen LogP) is 5.14. The first-order valence-corrected chi connectivity index (χ1v) is 7.08. The maximum absolute atomic E-state index is 13.8. The third kappa shape index (κ3) is 4.36. The van der Waals surface area contributed by atoms with Gasteiger partial charge in [0.25, 0.3) is 0 Å². The molecule has 3 nitrogen and oxygen atoms in total. The zero-order valence-corrected chi connectivity index (χ0v) is 12.9. The Labute approximate surface area is 142 Å². The van der Waals surface area contributed by atoms with Gasteiger partial charge in [-0.05, 0) is 24.3 Å². The van der Waals surface area contributed by atoms with Gasteiger partial charge in [-0.15, -0.1) is 11.6 Å². The summed E-state index contributed by atoms with van der Waals surface area (Å²) in [5.41, 5.74) is 3.36. The molecule has 25 heavy (non-hydrogen) atoms. The average Bonchev–Trinajstić information content (AvgIpc) is 2.52. The summed E-state index contributed by atoms with van der Waals surface area (Å²) in [5, 5.41) is 0. The van der Waals surface area contributed by atoms with Crippen LogP contribution in [0.25, 0.3) is 0 Å². The van der Waals surface area contributed by atoms with Crippen molar-refractivity contribution in [3.8, 4) is 11.5 Å². The van der Waals surface area contributed by atoms with Crippen LogP contribution >= 0.6 is 11.6 Å². The molecule has 0 aliphatic carbocycles. The third-order valence-electron chi connectivity index (χ3n) is 2.88. The molecular formula is C15H9ClF6N2O. The Morgan fingerprint density at radius 1 is 1.08 bits per heavy atom. The highest BCUT2D eigenvalue weighted by molar-refractivity contribution is 6.28. The van der Waals surface area contributed by atoms with Gasteiger partial charge in [0.15, 0.2) is 29.0 Å². The summed E-state index contributed by atoms with van der Waals surface area (Å²) >= 11 is 5.43. The van der Waals surface area contributed by atoms with Gasteiger partial charge in [0.2, 0.25) is 0 Å². The van der Waals surface area contributed by atoms with Crippen LogP contribution in [0.4, 0.5) is 32.0 Å². The molecule has 0 aromatic heterocycles. The fraction of sp³-hybridized carbons (Fsp3) is 0.133. The normalized spacial score (nSPS) is 12.4. The zero-order chi connectivity index (χ0) is 18.8. The molecule has 0 saturated heterocycles. The minimum absolute atomic E-state index is 0.0633. The third-order valence-corrected chi connectivity index (χ3v) is 3.15. The van der Waals surface area contributed by atoms with Crippen LogP contribution in [0.5, 0.6) is 11.5 Å². The SMILES string of the molecule is NC(CCl)=Nc1c(F)cccc1Oc1c(F)cc(C(F)(F)F)cc1F. The monoisotopic (exact) mass is 382 g/mol. The van der Waals surface area contributed by atoms with E-state index in [0.717, 1.165) is 18.2 Å². The Hall–Kier alpha value is -2.42. The molecule has 2 aromatic carbocycles. The molecule has 2 aromatic rings. The van der Waals surface area contributed by atoms with Gasteiger partial charge in [-0.3, -0.25) is 0 Å². The lowest BCUT2D eigenvalue weighted by molar-refractivity contribution is -0.138. The molecule has 0 fully saturated rings. The van der Waals surface area contributed by atoms with Crippen molar-refractivity contribution in [3.05, 3.63) is 53.3 Å². The number of nitrogens with two attached hydrogens (primary N) is 1. The lowest BCUT2D eigenvalue weighted by atomic mass is 10.2. The molecule has 134 valence electrons. The minimum atomic E-state index is -4.94. The number of aliphatic imine (C=N–C) groups is 1. The lowest BCUT2D eigenvalue weighted by Crippen LogP contribution is -2.12. The number of rotatable bonds is 4. The molecule has 0 amide bonds. The van der Waals surface area contributed by atoms with Crippen molar-refractivity contribution in [2.75, 3.05) is 5.88 Å². The summed E-state index contributed by atoms with van der Waals surface area (Å²) in [6.45, 7) is 0. The Bertz CT molecular complexity index is 799. The second kappa shape index (κ2) is 7.22. The van der Waals surface area contributed by atoms with Gasteiger partial charge < -0.3 is 10.5 Å². The van der Waals surface area contributed by atoms with Crippen molar-refractivity contribution in [2.24, 2.45) is 10.7 Å². The minimum Gasteiger partial charge on any atom is -0.449 e. The van der Waals surface area contributed by atoms with E-state index in [4.69, 9.17) is 22.1 Å². The van der Waals surface area contributed by atoms with Gasteiger partial charge in [0.05, 0.1) is 11.4 Å². The molecule has 0 radical (unpaired) electrons. The summed E-state index contributed by atoms with van der Waals surface area (Å²) in [6.07, 6.45) is -4.94. The number of ether oxygens (including phenoxy) is 1. The fourth-order valence-electron chi connectivity index (χ4n) is 1.79. The number of hydrogen-bond donors (Lipinski definition) is 1. The Balaban J connectivity index is 2.50. The van der Waals surface area contributed by atoms with Crippen LogP contribution in [0.1, 0.15) is 5.56 Å². The maximum atomic E-state index is 13.8. The number of amidine groups is 1. The first-order chi connectivity index (χ1) is 11.6. The molecule has 2 rings (SSSR count). The zero-order valence-electron chi connectivity index (χ0n) is 12.2. The van der Waals surface area contributed by atoms with E-state index in [1.807, 2.05) is 0 Å². The van der Waals surface area contributed by atoms with Crippen LogP contribution in [0, 0.1) is 17.5 Å². The second-order valence-electron chi connectivity index (χ2n) is 4.69. The highest BCUT2D eigenvalue weighted by Gasteiger charge is 2.33. The molecule has 0 bridgehead atoms. The van der Waals surface area contributed by atoms with Crippen LogP contribution in [0.3, 0.4) is 0 Å². The molecule has 0 heterocycles. The Morgan fingerprint density at radius 2 is 1.68 bits per heavy atom. The van der Waals surface area contributed by atoms with Crippen LogP contribution in [-0.2, 0) is 6.18 Å². The van der Waals surface area contributed by atoms with Gasteiger partial charge in [-0.2, -0.15) is 13.2 Å². The molecule has 0 aliphatic heterocycles. The largest absolute Gasteiger partial charge is 0.449 e. The smallest absolute Gasteiger partial charge is 0.416 e. The van der Waals surface area contributed by atoms with E-state index in [9.17, 15) is 26.3 Å². The van der Waals surface area contributed by atoms with Crippen LogP contribution in [-0.4, -0.2) is 11.7 Å². The van der Waals surface area contributed by atoms with E-state index in [2.05, 4.69) is 4.99 Å². The van der Waals surface area contributed by atoms with Crippen molar-refractivity contribution >= 4 is 23.1 Å². The fourth-order valence-corrected chi connectivity index (χ4v) is 1.85. The van der Waals surface area contributed by atoms with E-state index in [0.29, 0.717) is 0 Å². The lowest BCUT2D eigenvalue weighted by Gasteiger charge is -2.13. The molecule has 0 atom stereocenters. The van der Waals surface area contributed by atoms with Gasteiger partial charge >= 0.3 is 6.18 Å². The number of para-hydroxylation sites is 1. The molecule has 0 aliphatic rings. The van der Waals surface area contributed by atoms with Crippen molar-refractivity contribution in [2.45, 2.75) is 6.18 Å². The number of halogens is 7. The van der Waals surface area contributed by atoms with Crippen molar-refractivity contribution in [1.82, 2.24) is 0 Å². The summed E-state index contributed by atoms with van der Waals surface area (Å²) in [7, 11) is 0. The van der Waals surface area contributed by atoms with Crippen molar-refractivity contribution in [3.63, 3.8) is 0 Å². The standard InChI is InChI=1S/C15H9ClF6N2O/c16-6-12(23)24-13-8(17)2-1-3-11(13)25-14-9(18)4-7(5-10(14)19)15(20,21)22/h1-5H,6H2,(H2,23,24). The van der Waals surface area contributed by atoms with E-state index in [1.54, 1.807) is 0 Å². The molecule has 0 saturated carbocycles. The first-order valence-electron chi connectivity index (χ1n) is 6.55. The molecule has 2 N–H and O–H groups in total. The summed E-state index contributed by atoms with van der Waals surface area (Å²) in [6, 6.07) is 3.37. The van der Waals surface area contributed by atoms with Crippen molar-refractivity contribution < 1.29 is 31.1 Å². The van der Waals surface area contributed by atoms with Gasteiger partial charge in [0.1, 0.15) is 11.5 Å². The van der Waals surface area contributed by atoms with Crippen LogP contribution < -0.4 is 10.5 Å².